The van der Waals surface area contributed by atoms with Crippen molar-refractivity contribution in [3.05, 3.63) is 0 Å². The molecule has 0 amide bonds. The predicted octanol–water partition coefficient (Wildman–Crippen LogP) is 0.431. The van der Waals surface area contributed by atoms with Crippen molar-refractivity contribution < 1.29 is 24.0 Å². The molecule has 0 unspecified atom stereocenters. The molecule has 0 aromatic carbocycles. The normalized spacial score (nSPS) is 10.7. The van der Waals surface area contributed by atoms with Crippen molar-refractivity contribution in [2.75, 3.05) is 0 Å². The second-order valence-electron chi connectivity index (χ2n) is 1.98. The third kappa shape index (κ3) is 5.31. The maximum Gasteiger partial charge on any atom is -1.00 e. The molecule has 0 fully saturated rings. The van der Waals surface area contributed by atoms with Crippen LogP contribution in [0.15, 0.2) is 0 Å². The van der Waals surface area contributed by atoms with Gasteiger partial charge in [0, 0.05) is 0 Å². The smallest absolute Gasteiger partial charge is 1.00 e. The van der Waals surface area contributed by atoms with E-state index in [9.17, 15) is 0 Å². The summed E-state index contributed by atoms with van der Waals surface area (Å²) in [6.45, 7) is 7.02. The molecule has 0 aliphatic carbocycles. The van der Waals surface area contributed by atoms with E-state index in [-0.39, 0.29) is 24.0 Å². The van der Waals surface area contributed by atoms with Gasteiger partial charge < -0.3 is 24.0 Å². The van der Waals surface area contributed by atoms with Crippen LogP contribution in [0, 0.1) is 0 Å². The number of hydrogen-bond acceptors (Lipinski definition) is 0. The summed E-state index contributed by atoms with van der Waals surface area (Å²) >= 11 is 2.74. The zero-order valence-electron chi connectivity index (χ0n) is 6.32. The van der Waals surface area contributed by atoms with Crippen LogP contribution in [-0.2, 0) is 0 Å². The largest absolute Gasteiger partial charge is 1.00 e. The van der Waals surface area contributed by atoms with Crippen molar-refractivity contribution in [1.82, 2.24) is 0 Å². The Morgan fingerprint density at radius 3 is 1.22 bits per heavy atom. The Kier molecular flexibility index (Phi) is 10.1. The summed E-state index contributed by atoms with van der Waals surface area (Å²) in [6, 6.07) is 0. The Hall–Kier alpha value is 2.02. The Balaban J connectivity index is 0. The van der Waals surface area contributed by atoms with Crippen LogP contribution in [0.4, 0.5) is 0 Å². The standard InChI is InChI=1S/C6H15AsI.HI/c1-4-7(8,5-2)6-3;/h4-6H2,1-3H3;1H/q+1;/p-1. The Morgan fingerprint density at radius 2 is 1.22 bits per heavy atom. The minimum Gasteiger partial charge on any atom is -1.00 e. The van der Waals surface area contributed by atoms with Gasteiger partial charge in [0.15, 0.2) is 0 Å². The van der Waals surface area contributed by atoms with Gasteiger partial charge in [-0.2, -0.15) is 0 Å². The molecular formula is C6H15AsI2. The Bertz CT molecular complexity index is 53.8. The van der Waals surface area contributed by atoms with Crippen LogP contribution in [0.1, 0.15) is 20.8 Å². The second-order valence-corrected chi connectivity index (χ2v) is 20.9. The zero-order valence-corrected chi connectivity index (χ0v) is 12.5. The summed E-state index contributed by atoms with van der Waals surface area (Å²) in [4.78, 5) is 0. The maximum absolute atomic E-state index is 2.74. The van der Waals surface area contributed by atoms with Gasteiger partial charge >= 0.3 is 66.7 Å². The van der Waals surface area contributed by atoms with Gasteiger partial charge in [0.25, 0.3) is 0 Å². The minimum absolute atomic E-state index is 0. The summed E-state index contributed by atoms with van der Waals surface area (Å²) < 4.78 is 0. The molecule has 0 aliphatic rings. The van der Waals surface area contributed by atoms with E-state index in [0.29, 0.717) is 0 Å². The van der Waals surface area contributed by atoms with Crippen molar-refractivity contribution in [2.45, 2.75) is 36.4 Å². The minimum atomic E-state index is -1.01. The van der Waals surface area contributed by atoms with Gasteiger partial charge in [-0.05, 0) is 0 Å². The first-order chi connectivity index (χ1) is 3.68. The molecule has 0 bridgehead atoms. The molecule has 58 valence electrons. The first-order valence-electron chi connectivity index (χ1n) is 3.24. The van der Waals surface area contributed by atoms with Gasteiger partial charge in [-0.3, -0.25) is 0 Å². The van der Waals surface area contributed by atoms with Crippen LogP contribution < -0.4 is 24.0 Å². The molecule has 0 aromatic heterocycles. The molecule has 0 heterocycles. The molecule has 0 saturated heterocycles. The zero-order chi connectivity index (χ0) is 6.62. The van der Waals surface area contributed by atoms with Crippen LogP contribution in [0.25, 0.3) is 0 Å². The van der Waals surface area contributed by atoms with Crippen molar-refractivity contribution in [3.8, 4) is 0 Å². The van der Waals surface area contributed by atoms with Gasteiger partial charge in [-0.15, -0.1) is 0 Å². The van der Waals surface area contributed by atoms with Crippen molar-refractivity contribution >= 4 is 30.3 Å². The quantitative estimate of drug-likeness (QED) is 0.463. The average Bonchev–Trinajstić information content (AvgIpc) is 1.87. The van der Waals surface area contributed by atoms with Crippen LogP contribution in [0.5, 0.6) is 0 Å². The number of rotatable bonds is 3. The third-order valence-corrected chi connectivity index (χ3v) is 19.5. The van der Waals surface area contributed by atoms with Crippen LogP contribution >= 0.6 is 20.1 Å². The van der Waals surface area contributed by atoms with E-state index in [0.717, 1.165) is 0 Å². The van der Waals surface area contributed by atoms with Crippen LogP contribution in [0.3, 0.4) is 0 Å². The van der Waals surface area contributed by atoms with Crippen molar-refractivity contribution in [3.63, 3.8) is 0 Å². The summed E-state index contributed by atoms with van der Waals surface area (Å²) in [5.41, 5.74) is 0. The van der Waals surface area contributed by atoms with Crippen molar-refractivity contribution in [1.29, 1.82) is 0 Å². The van der Waals surface area contributed by atoms with Gasteiger partial charge in [0.2, 0.25) is 0 Å². The first-order valence-corrected chi connectivity index (χ1v) is 12.9. The SMILES string of the molecule is CC[As+](I)(CC)CC.[I-]. The molecule has 0 N–H and O–H groups in total. The van der Waals surface area contributed by atoms with E-state index < -0.39 is 10.2 Å². The average molecular weight is 416 g/mol. The molecule has 0 nitrogen and oxygen atoms in total. The Morgan fingerprint density at radius 1 is 1.00 bits per heavy atom. The summed E-state index contributed by atoms with van der Waals surface area (Å²) in [5.74, 6) is 0. The summed E-state index contributed by atoms with van der Waals surface area (Å²) in [5, 5.41) is 4.43. The van der Waals surface area contributed by atoms with Gasteiger partial charge in [0.1, 0.15) is 0 Å². The molecule has 0 saturated carbocycles. The third-order valence-electron chi connectivity index (χ3n) is 1.70. The van der Waals surface area contributed by atoms with E-state index in [4.69, 9.17) is 0 Å². The van der Waals surface area contributed by atoms with Crippen molar-refractivity contribution in [2.24, 2.45) is 0 Å². The molecular weight excluding hydrogens is 401 g/mol. The fraction of sp³-hybridized carbons (Fsp3) is 1.00. The summed E-state index contributed by atoms with van der Waals surface area (Å²) in [7, 11) is -1.01. The van der Waals surface area contributed by atoms with Gasteiger partial charge in [-0.1, -0.05) is 0 Å². The summed E-state index contributed by atoms with van der Waals surface area (Å²) in [6.07, 6.45) is 0. The van der Waals surface area contributed by atoms with E-state index in [1.165, 1.54) is 15.6 Å². The molecule has 0 rings (SSSR count). The molecule has 3 heteroatoms. The molecule has 0 radical (unpaired) electrons. The fourth-order valence-corrected chi connectivity index (χ4v) is 3.49. The molecule has 0 aromatic rings. The van der Waals surface area contributed by atoms with Crippen LogP contribution in [0.2, 0.25) is 15.6 Å². The molecule has 0 spiro atoms. The van der Waals surface area contributed by atoms with E-state index in [1.54, 1.807) is 0 Å². The fourth-order valence-electron chi connectivity index (χ4n) is 0.671. The van der Waals surface area contributed by atoms with E-state index in [2.05, 4.69) is 40.9 Å². The molecule has 0 atom stereocenters. The number of halogens is 2. The predicted molar refractivity (Wildman–Crippen MR) is 51.2 cm³/mol. The monoisotopic (exact) mass is 416 g/mol. The van der Waals surface area contributed by atoms with Crippen LogP contribution in [-0.4, -0.2) is 10.2 Å². The van der Waals surface area contributed by atoms with E-state index in [1.807, 2.05) is 0 Å². The topological polar surface area (TPSA) is 0 Å². The van der Waals surface area contributed by atoms with E-state index >= 15 is 0 Å². The molecule has 0 aliphatic heterocycles. The first kappa shape index (κ1) is 13.6. The molecule has 9 heavy (non-hydrogen) atoms. The van der Waals surface area contributed by atoms with Gasteiger partial charge in [0.05, 0.1) is 0 Å². The second kappa shape index (κ2) is 6.71. The Labute approximate surface area is 89.6 Å². The van der Waals surface area contributed by atoms with Gasteiger partial charge in [-0.25, -0.2) is 0 Å². The number of hydrogen-bond donors (Lipinski definition) is 0. The maximum atomic E-state index is 2.74.